The standard InChI is InChI=1S/C21H25N3O5/c1-14-18(20(26)27)11-17(29-14)13-23(2)19(25)15-7-6-10-24(12-15)21(28)22-16-8-4-3-5-9-16/h3-5,8-9,11,15H,6-7,10,12-13H2,1-2H3,(H,22,28)(H,26,27). The molecule has 0 spiro atoms. The summed E-state index contributed by atoms with van der Waals surface area (Å²) in [7, 11) is 1.66. The van der Waals surface area contributed by atoms with Crippen LogP contribution in [-0.4, -0.2) is 53.0 Å². The Morgan fingerprint density at radius 1 is 1.28 bits per heavy atom. The van der Waals surface area contributed by atoms with Crippen molar-refractivity contribution < 1.29 is 23.9 Å². The third kappa shape index (κ3) is 4.96. The zero-order valence-corrected chi connectivity index (χ0v) is 16.6. The first-order valence-corrected chi connectivity index (χ1v) is 9.53. The second-order valence-corrected chi connectivity index (χ2v) is 7.26. The zero-order chi connectivity index (χ0) is 21.0. The Hall–Kier alpha value is -3.29. The van der Waals surface area contributed by atoms with Crippen LogP contribution in [0.3, 0.4) is 0 Å². The van der Waals surface area contributed by atoms with Crippen LogP contribution < -0.4 is 5.32 Å². The molecule has 0 aliphatic carbocycles. The van der Waals surface area contributed by atoms with E-state index >= 15 is 0 Å². The molecule has 29 heavy (non-hydrogen) atoms. The lowest BCUT2D eigenvalue weighted by atomic mass is 9.97. The van der Waals surface area contributed by atoms with Gasteiger partial charge in [0.15, 0.2) is 0 Å². The van der Waals surface area contributed by atoms with Gasteiger partial charge in [-0.25, -0.2) is 9.59 Å². The largest absolute Gasteiger partial charge is 0.478 e. The van der Waals surface area contributed by atoms with E-state index in [1.165, 1.54) is 11.0 Å². The van der Waals surface area contributed by atoms with E-state index in [1.807, 2.05) is 30.3 Å². The molecule has 1 unspecified atom stereocenters. The highest BCUT2D eigenvalue weighted by atomic mass is 16.4. The number of aromatic carboxylic acids is 1. The van der Waals surface area contributed by atoms with Gasteiger partial charge in [0.2, 0.25) is 5.91 Å². The Labute approximate surface area is 169 Å². The number of hydrogen-bond acceptors (Lipinski definition) is 4. The Morgan fingerprint density at radius 3 is 2.66 bits per heavy atom. The fourth-order valence-electron chi connectivity index (χ4n) is 3.54. The maximum Gasteiger partial charge on any atom is 0.339 e. The van der Waals surface area contributed by atoms with Crippen molar-refractivity contribution in [2.75, 3.05) is 25.5 Å². The molecule has 8 heteroatoms. The number of carbonyl (C=O) groups is 3. The number of urea groups is 1. The molecule has 2 heterocycles. The lowest BCUT2D eigenvalue weighted by Gasteiger charge is -2.33. The molecule has 0 bridgehead atoms. The molecule has 1 aromatic heterocycles. The van der Waals surface area contributed by atoms with Gasteiger partial charge in [-0.2, -0.15) is 0 Å². The van der Waals surface area contributed by atoms with Gasteiger partial charge in [-0.15, -0.1) is 0 Å². The molecule has 0 saturated carbocycles. The summed E-state index contributed by atoms with van der Waals surface area (Å²) in [6.45, 7) is 2.71. The second kappa shape index (κ2) is 8.81. The summed E-state index contributed by atoms with van der Waals surface area (Å²) in [6, 6.07) is 10.4. The van der Waals surface area contributed by atoms with Crippen molar-refractivity contribution in [1.82, 2.24) is 9.80 Å². The number of carboxylic acid groups (broad SMARTS) is 1. The summed E-state index contributed by atoms with van der Waals surface area (Å²) in [4.78, 5) is 39.7. The minimum absolute atomic E-state index is 0.0897. The molecule has 1 saturated heterocycles. The first-order chi connectivity index (χ1) is 13.8. The van der Waals surface area contributed by atoms with Gasteiger partial charge in [0.1, 0.15) is 17.1 Å². The molecule has 2 aromatic rings. The Morgan fingerprint density at radius 2 is 2.00 bits per heavy atom. The molecular weight excluding hydrogens is 374 g/mol. The van der Waals surface area contributed by atoms with Crippen molar-refractivity contribution in [1.29, 1.82) is 0 Å². The predicted molar refractivity (Wildman–Crippen MR) is 107 cm³/mol. The van der Waals surface area contributed by atoms with Crippen LogP contribution in [0.25, 0.3) is 0 Å². The van der Waals surface area contributed by atoms with Gasteiger partial charge in [0, 0.05) is 25.8 Å². The third-order valence-corrected chi connectivity index (χ3v) is 5.05. The van der Waals surface area contributed by atoms with Gasteiger partial charge >= 0.3 is 12.0 Å². The maximum atomic E-state index is 12.9. The minimum atomic E-state index is -1.06. The average molecular weight is 399 g/mol. The van der Waals surface area contributed by atoms with Gasteiger partial charge < -0.3 is 24.6 Å². The number of para-hydroxylation sites is 1. The first-order valence-electron chi connectivity index (χ1n) is 9.53. The molecule has 1 aliphatic rings. The number of piperidine rings is 1. The topological polar surface area (TPSA) is 103 Å². The summed E-state index contributed by atoms with van der Waals surface area (Å²) in [6.07, 6.45) is 1.45. The fraction of sp³-hybridized carbons (Fsp3) is 0.381. The smallest absolute Gasteiger partial charge is 0.339 e. The van der Waals surface area contributed by atoms with Crippen LogP contribution in [0, 0.1) is 12.8 Å². The van der Waals surface area contributed by atoms with Crippen LogP contribution in [0.5, 0.6) is 0 Å². The molecular formula is C21H25N3O5. The number of amides is 3. The molecule has 0 radical (unpaired) electrons. The highest BCUT2D eigenvalue weighted by molar-refractivity contribution is 5.90. The number of anilines is 1. The molecule has 154 valence electrons. The van der Waals surface area contributed by atoms with Gasteiger partial charge in [-0.3, -0.25) is 4.79 Å². The number of carboxylic acids is 1. The number of hydrogen-bond donors (Lipinski definition) is 2. The second-order valence-electron chi connectivity index (χ2n) is 7.26. The molecule has 1 aromatic carbocycles. The van der Waals surface area contributed by atoms with Crippen molar-refractivity contribution >= 4 is 23.6 Å². The molecule has 1 fully saturated rings. The molecule has 8 nitrogen and oxygen atoms in total. The van der Waals surface area contributed by atoms with E-state index in [1.54, 1.807) is 18.9 Å². The number of nitrogens with one attached hydrogen (secondary N) is 1. The van der Waals surface area contributed by atoms with Crippen LogP contribution in [0.4, 0.5) is 10.5 Å². The van der Waals surface area contributed by atoms with Crippen LogP contribution in [0.1, 0.15) is 34.7 Å². The highest BCUT2D eigenvalue weighted by Crippen LogP contribution is 2.22. The predicted octanol–water partition coefficient (Wildman–Crippen LogP) is 3.19. The molecule has 3 amide bonds. The molecule has 2 N–H and O–H groups in total. The van der Waals surface area contributed by atoms with Gasteiger partial charge in [0.05, 0.1) is 12.5 Å². The summed E-state index contributed by atoms with van der Waals surface area (Å²) in [5.74, 6) is -0.711. The lowest BCUT2D eigenvalue weighted by molar-refractivity contribution is -0.136. The Balaban J connectivity index is 1.59. The number of furan rings is 1. The highest BCUT2D eigenvalue weighted by Gasteiger charge is 2.30. The number of likely N-dealkylation sites (tertiary alicyclic amines) is 1. The zero-order valence-electron chi connectivity index (χ0n) is 16.6. The van der Waals surface area contributed by atoms with E-state index in [9.17, 15) is 14.4 Å². The number of aryl methyl sites for hydroxylation is 1. The Kier molecular flexibility index (Phi) is 6.21. The SMILES string of the molecule is Cc1oc(CN(C)C(=O)C2CCCN(C(=O)Nc3ccccc3)C2)cc1C(=O)O. The molecule has 3 rings (SSSR count). The molecule has 1 atom stereocenters. The number of carbonyl (C=O) groups excluding carboxylic acids is 2. The lowest BCUT2D eigenvalue weighted by Crippen LogP contribution is -2.47. The summed E-state index contributed by atoms with van der Waals surface area (Å²) >= 11 is 0. The van der Waals surface area contributed by atoms with Crippen molar-refractivity contribution in [2.45, 2.75) is 26.3 Å². The third-order valence-electron chi connectivity index (χ3n) is 5.05. The van der Waals surface area contributed by atoms with E-state index in [2.05, 4.69) is 5.32 Å². The van der Waals surface area contributed by atoms with E-state index in [0.29, 0.717) is 36.7 Å². The number of rotatable bonds is 5. The number of nitrogens with zero attached hydrogens (tertiary/aromatic N) is 2. The summed E-state index contributed by atoms with van der Waals surface area (Å²) in [5, 5.41) is 12.0. The minimum Gasteiger partial charge on any atom is -0.478 e. The van der Waals surface area contributed by atoms with Crippen molar-refractivity contribution in [3.63, 3.8) is 0 Å². The van der Waals surface area contributed by atoms with Crippen molar-refractivity contribution in [3.8, 4) is 0 Å². The van der Waals surface area contributed by atoms with Crippen LogP contribution in [0.2, 0.25) is 0 Å². The number of benzene rings is 1. The Bertz CT molecular complexity index is 893. The van der Waals surface area contributed by atoms with Crippen LogP contribution >= 0.6 is 0 Å². The van der Waals surface area contributed by atoms with E-state index < -0.39 is 5.97 Å². The van der Waals surface area contributed by atoms with Crippen LogP contribution in [-0.2, 0) is 11.3 Å². The van der Waals surface area contributed by atoms with Crippen molar-refractivity contribution in [2.24, 2.45) is 5.92 Å². The van der Waals surface area contributed by atoms with Gasteiger partial charge in [-0.1, -0.05) is 18.2 Å². The average Bonchev–Trinajstić information content (AvgIpc) is 3.08. The molecule has 1 aliphatic heterocycles. The summed E-state index contributed by atoms with van der Waals surface area (Å²) in [5.41, 5.74) is 0.813. The van der Waals surface area contributed by atoms with E-state index in [0.717, 1.165) is 6.42 Å². The normalized spacial score (nSPS) is 16.3. The van der Waals surface area contributed by atoms with E-state index in [-0.39, 0.29) is 30.0 Å². The monoisotopic (exact) mass is 399 g/mol. The van der Waals surface area contributed by atoms with Gasteiger partial charge in [0.25, 0.3) is 0 Å². The summed E-state index contributed by atoms with van der Waals surface area (Å²) < 4.78 is 5.46. The first kappa shape index (κ1) is 20.4. The van der Waals surface area contributed by atoms with Crippen LogP contribution in [0.15, 0.2) is 40.8 Å². The van der Waals surface area contributed by atoms with E-state index in [4.69, 9.17) is 9.52 Å². The quantitative estimate of drug-likeness (QED) is 0.804. The maximum absolute atomic E-state index is 12.9. The van der Waals surface area contributed by atoms with Crippen molar-refractivity contribution in [3.05, 3.63) is 53.5 Å². The van der Waals surface area contributed by atoms with Gasteiger partial charge in [-0.05, 0) is 38.0 Å². The fourth-order valence-corrected chi connectivity index (χ4v) is 3.54.